The minimum atomic E-state index is 0.636. The first-order valence-corrected chi connectivity index (χ1v) is 6.64. The topological polar surface area (TPSA) is 18.5 Å². The summed E-state index contributed by atoms with van der Waals surface area (Å²) in [6, 6.07) is 1.30. The van der Waals surface area contributed by atoms with Gasteiger partial charge >= 0.3 is 0 Å². The maximum absolute atomic E-state index is 3.40. The van der Waals surface area contributed by atoms with E-state index in [1.807, 2.05) is 0 Å². The van der Waals surface area contributed by atoms with Gasteiger partial charge in [-0.2, -0.15) is 0 Å². The molecule has 0 amide bonds. The average Bonchev–Trinajstić information content (AvgIpc) is 2.18. The Kier molecular flexibility index (Phi) is 8.90. The van der Waals surface area contributed by atoms with Crippen LogP contribution in [-0.2, 0) is 0 Å². The van der Waals surface area contributed by atoms with Gasteiger partial charge in [0.2, 0.25) is 0 Å². The van der Waals surface area contributed by atoms with Crippen LogP contribution in [0.15, 0.2) is 0 Å². The Labute approximate surface area is 102 Å². The van der Waals surface area contributed by atoms with E-state index in [2.05, 4.69) is 56.9 Å². The molecular formula is C13H31N3. The highest BCUT2D eigenvalue weighted by Gasteiger charge is 2.18. The number of hydrogen-bond donors (Lipinski definition) is 1. The van der Waals surface area contributed by atoms with Gasteiger partial charge in [-0.05, 0) is 54.0 Å². The molecule has 0 heterocycles. The lowest BCUT2D eigenvalue weighted by molar-refractivity contribution is 0.131. The highest BCUT2D eigenvalue weighted by atomic mass is 15.2. The number of nitrogens with zero attached hydrogens (tertiary/aromatic N) is 2. The Balaban J connectivity index is 4.03. The van der Waals surface area contributed by atoms with Crippen LogP contribution in [0.1, 0.15) is 34.1 Å². The molecule has 0 aromatic heterocycles. The molecule has 0 saturated carbocycles. The SMILES string of the molecule is CCNCCC(C)N(CC)C(C)CN(C)C. The molecule has 0 spiro atoms. The van der Waals surface area contributed by atoms with E-state index in [9.17, 15) is 0 Å². The highest BCUT2D eigenvalue weighted by molar-refractivity contribution is 4.74. The fraction of sp³-hybridized carbons (Fsp3) is 1.00. The molecule has 16 heavy (non-hydrogen) atoms. The Bertz CT molecular complexity index is 159. The van der Waals surface area contributed by atoms with E-state index in [1.54, 1.807) is 0 Å². The summed E-state index contributed by atoms with van der Waals surface area (Å²) in [5.74, 6) is 0. The maximum atomic E-state index is 3.40. The molecule has 0 aliphatic rings. The minimum Gasteiger partial charge on any atom is -0.317 e. The van der Waals surface area contributed by atoms with Gasteiger partial charge in [-0.15, -0.1) is 0 Å². The van der Waals surface area contributed by atoms with E-state index in [-0.39, 0.29) is 0 Å². The summed E-state index contributed by atoms with van der Waals surface area (Å²) in [7, 11) is 4.29. The third-order valence-electron chi connectivity index (χ3n) is 3.12. The van der Waals surface area contributed by atoms with Gasteiger partial charge in [0.25, 0.3) is 0 Å². The van der Waals surface area contributed by atoms with Gasteiger partial charge in [0.05, 0.1) is 0 Å². The number of likely N-dealkylation sites (N-methyl/N-ethyl adjacent to an activating group) is 2. The smallest absolute Gasteiger partial charge is 0.0197 e. The van der Waals surface area contributed by atoms with Crippen LogP contribution in [0, 0.1) is 0 Å². The van der Waals surface area contributed by atoms with Gasteiger partial charge in [0, 0.05) is 18.6 Å². The zero-order valence-corrected chi connectivity index (χ0v) is 12.1. The van der Waals surface area contributed by atoms with Crippen LogP contribution < -0.4 is 5.32 Å². The second-order valence-corrected chi connectivity index (χ2v) is 4.93. The van der Waals surface area contributed by atoms with Crippen LogP contribution in [0.4, 0.5) is 0 Å². The van der Waals surface area contributed by atoms with Gasteiger partial charge in [0.15, 0.2) is 0 Å². The molecule has 0 aliphatic carbocycles. The highest BCUT2D eigenvalue weighted by Crippen LogP contribution is 2.09. The molecule has 98 valence electrons. The molecular weight excluding hydrogens is 198 g/mol. The van der Waals surface area contributed by atoms with E-state index in [1.165, 1.54) is 6.42 Å². The molecule has 0 rings (SSSR count). The van der Waals surface area contributed by atoms with Crippen molar-refractivity contribution in [3.05, 3.63) is 0 Å². The van der Waals surface area contributed by atoms with Gasteiger partial charge < -0.3 is 10.2 Å². The van der Waals surface area contributed by atoms with Crippen molar-refractivity contribution in [3.63, 3.8) is 0 Å². The standard InChI is InChI=1S/C13H31N3/c1-7-14-10-9-12(3)16(8-2)13(4)11-15(5)6/h12-14H,7-11H2,1-6H3. The lowest BCUT2D eigenvalue weighted by atomic mass is 10.1. The van der Waals surface area contributed by atoms with Gasteiger partial charge in [-0.25, -0.2) is 0 Å². The molecule has 0 aromatic rings. The van der Waals surface area contributed by atoms with E-state index < -0.39 is 0 Å². The molecule has 0 aromatic carbocycles. The normalized spacial score (nSPS) is 15.8. The maximum Gasteiger partial charge on any atom is 0.0197 e. The summed E-state index contributed by atoms with van der Waals surface area (Å²) in [6.45, 7) is 13.6. The van der Waals surface area contributed by atoms with Crippen LogP contribution in [-0.4, -0.2) is 62.2 Å². The predicted molar refractivity (Wildman–Crippen MR) is 73.0 cm³/mol. The molecule has 3 heteroatoms. The zero-order valence-electron chi connectivity index (χ0n) is 12.1. The Morgan fingerprint density at radius 3 is 2.12 bits per heavy atom. The second kappa shape index (κ2) is 8.97. The number of hydrogen-bond acceptors (Lipinski definition) is 3. The van der Waals surface area contributed by atoms with Crippen molar-refractivity contribution in [1.29, 1.82) is 0 Å². The summed E-state index contributed by atoms with van der Waals surface area (Å²) in [4.78, 5) is 4.86. The number of rotatable bonds is 9. The van der Waals surface area contributed by atoms with Crippen LogP contribution in [0.5, 0.6) is 0 Å². The summed E-state index contributed by atoms with van der Waals surface area (Å²) in [6.07, 6.45) is 1.24. The van der Waals surface area contributed by atoms with Crippen molar-refractivity contribution in [3.8, 4) is 0 Å². The summed E-state index contributed by atoms with van der Waals surface area (Å²) in [5, 5.41) is 3.40. The summed E-state index contributed by atoms with van der Waals surface area (Å²) < 4.78 is 0. The first kappa shape index (κ1) is 15.9. The fourth-order valence-electron chi connectivity index (χ4n) is 2.34. The predicted octanol–water partition coefficient (Wildman–Crippen LogP) is 1.65. The third-order valence-corrected chi connectivity index (χ3v) is 3.12. The Hall–Kier alpha value is -0.120. The van der Waals surface area contributed by atoms with Gasteiger partial charge in [0.1, 0.15) is 0 Å². The van der Waals surface area contributed by atoms with Crippen molar-refractivity contribution in [2.24, 2.45) is 0 Å². The number of nitrogens with one attached hydrogen (secondary N) is 1. The first-order chi connectivity index (χ1) is 7.52. The summed E-state index contributed by atoms with van der Waals surface area (Å²) in [5.41, 5.74) is 0. The van der Waals surface area contributed by atoms with Crippen LogP contribution in [0.25, 0.3) is 0 Å². The Morgan fingerprint density at radius 1 is 1.06 bits per heavy atom. The lowest BCUT2D eigenvalue weighted by Crippen LogP contribution is -2.45. The zero-order chi connectivity index (χ0) is 12.6. The van der Waals surface area contributed by atoms with E-state index in [4.69, 9.17) is 0 Å². The minimum absolute atomic E-state index is 0.636. The van der Waals surface area contributed by atoms with Gasteiger partial charge in [-0.1, -0.05) is 13.8 Å². The van der Waals surface area contributed by atoms with E-state index >= 15 is 0 Å². The Morgan fingerprint density at radius 2 is 1.69 bits per heavy atom. The van der Waals surface area contributed by atoms with Crippen molar-refractivity contribution >= 4 is 0 Å². The van der Waals surface area contributed by atoms with Crippen molar-refractivity contribution in [2.75, 3.05) is 40.3 Å². The monoisotopic (exact) mass is 229 g/mol. The van der Waals surface area contributed by atoms with Crippen LogP contribution in [0.2, 0.25) is 0 Å². The first-order valence-electron chi connectivity index (χ1n) is 6.64. The van der Waals surface area contributed by atoms with Crippen molar-refractivity contribution in [2.45, 2.75) is 46.2 Å². The fourth-order valence-corrected chi connectivity index (χ4v) is 2.34. The summed E-state index contributed by atoms with van der Waals surface area (Å²) >= 11 is 0. The molecule has 0 fully saturated rings. The van der Waals surface area contributed by atoms with Crippen LogP contribution >= 0.6 is 0 Å². The molecule has 1 N–H and O–H groups in total. The molecule has 0 aliphatic heterocycles. The lowest BCUT2D eigenvalue weighted by Gasteiger charge is -2.35. The van der Waals surface area contributed by atoms with E-state index in [0.717, 1.165) is 26.2 Å². The molecule has 0 saturated heterocycles. The van der Waals surface area contributed by atoms with Crippen LogP contribution in [0.3, 0.4) is 0 Å². The van der Waals surface area contributed by atoms with Gasteiger partial charge in [-0.3, -0.25) is 4.90 Å². The second-order valence-electron chi connectivity index (χ2n) is 4.93. The quantitative estimate of drug-likeness (QED) is 0.607. The molecule has 0 radical (unpaired) electrons. The molecule has 2 unspecified atom stereocenters. The molecule has 0 bridgehead atoms. The third kappa shape index (κ3) is 6.46. The molecule has 2 atom stereocenters. The largest absolute Gasteiger partial charge is 0.317 e. The average molecular weight is 229 g/mol. The molecule has 3 nitrogen and oxygen atoms in total. The van der Waals surface area contributed by atoms with Crippen molar-refractivity contribution in [1.82, 2.24) is 15.1 Å². The van der Waals surface area contributed by atoms with E-state index in [0.29, 0.717) is 12.1 Å². The van der Waals surface area contributed by atoms with Crippen molar-refractivity contribution < 1.29 is 0 Å².